The Morgan fingerprint density at radius 1 is 1.10 bits per heavy atom. The van der Waals surface area contributed by atoms with Crippen LogP contribution in [0.4, 0.5) is 5.69 Å². The van der Waals surface area contributed by atoms with Crippen LogP contribution in [0.1, 0.15) is 19.8 Å². The highest BCUT2D eigenvalue weighted by molar-refractivity contribution is 7.89. The van der Waals surface area contributed by atoms with E-state index in [2.05, 4.69) is 14.9 Å². The summed E-state index contributed by atoms with van der Waals surface area (Å²) in [5, 5.41) is 3.40. The summed E-state index contributed by atoms with van der Waals surface area (Å²) >= 11 is 5.83. The number of ether oxygens (including phenoxy) is 1. The quantitative estimate of drug-likeness (QED) is 0.675. The largest absolute Gasteiger partial charge is 0.497 e. The van der Waals surface area contributed by atoms with Crippen molar-refractivity contribution in [2.24, 2.45) is 0 Å². The third-order valence-electron chi connectivity index (χ3n) is 5.26. The average molecular weight is 452 g/mol. The molecule has 1 fully saturated rings. The number of methoxy groups -OCH3 is 1. The predicted molar refractivity (Wildman–Crippen MR) is 117 cm³/mol. The van der Waals surface area contributed by atoms with Gasteiger partial charge in [0.25, 0.3) is 0 Å². The smallest absolute Gasteiger partial charge is 0.241 e. The highest BCUT2D eigenvalue weighted by atomic mass is 35.5. The second-order valence-corrected chi connectivity index (χ2v) is 9.43. The van der Waals surface area contributed by atoms with Crippen LogP contribution in [0.15, 0.2) is 53.4 Å². The van der Waals surface area contributed by atoms with Crippen LogP contribution in [0.5, 0.6) is 5.75 Å². The van der Waals surface area contributed by atoms with E-state index in [4.69, 9.17) is 16.3 Å². The summed E-state index contributed by atoms with van der Waals surface area (Å²) in [7, 11) is -2.00. The lowest BCUT2D eigenvalue weighted by Crippen LogP contribution is -2.50. The Morgan fingerprint density at radius 3 is 2.27 bits per heavy atom. The number of hydrogen-bond acceptors (Lipinski definition) is 5. The Labute approximate surface area is 182 Å². The lowest BCUT2D eigenvalue weighted by Gasteiger charge is -2.35. The van der Waals surface area contributed by atoms with Crippen molar-refractivity contribution in [2.75, 3.05) is 25.5 Å². The van der Waals surface area contributed by atoms with E-state index in [9.17, 15) is 13.2 Å². The van der Waals surface area contributed by atoms with Gasteiger partial charge in [-0.15, -0.1) is 0 Å². The summed E-state index contributed by atoms with van der Waals surface area (Å²) in [4.78, 5) is 14.8. The molecule has 2 aromatic rings. The molecule has 1 aliphatic rings. The SMILES string of the molecule is COc1ccc(NC(=O)C(C)N2CCC(NS(=O)(=O)c3ccc(Cl)cc3)CC2)cc1. The minimum absolute atomic E-state index is 0.0969. The fourth-order valence-electron chi connectivity index (χ4n) is 3.39. The summed E-state index contributed by atoms with van der Waals surface area (Å²) in [5.41, 5.74) is 0.707. The molecule has 0 aliphatic carbocycles. The molecule has 3 rings (SSSR count). The van der Waals surface area contributed by atoms with Crippen molar-refractivity contribution in [3.8, 4) is 5.75 Å². The van der Waals surface area contributed by atoms with Gasteiger partial charge in [-0.3, -0.25) is 9.69 Å². The van der Waals surface area contributed by atoms with Crippen molar-refractivity contribution >= 4 is 33.2 Å². The standard InChI is InChI=1S/C21H26ClN3O4S/c1-15(21(26)23-17-5-7-19(29-2)8-6-17)25-13-11-18(12-14-25)24-30(27,28)20-9-3-16(22)4-10-20/h3-10,15,18,24H,11-14H2,1-2H3,(H,23,26). The van der Waals surface area contributed by atoms with Gasteiger partial charge in [0.05, 0.1) is 18.0 Å². The normalized spacial score (nSPS) is 16.8. The predicted octanol–water partition coefficient (Wildman–Crippen LogP) is 3.12. The molecule has 7 nitrogen and oxygen atoms in total. The van der Waals surface area contributed by atoms with E-state index in [0.717, 1.165) is 5.75 Å². The lowest BCUT2D eigenvalue weighted by molar-refractivity contribution is -0.121. The molecule has 1 aliphatic heterocycles. The van der Waals surface area contributed by atoms with Crippen LogP contribution in [-0.2, 0) is 14.8 Å². The second kappa shape index (κ2) is 9.78. The molecule has 0 bridgehead atoms. The highest BCUT2D eigenvalue weighted by Crippen LogP contribution is 2.20. The highest BCUT2D eigenvalue weighted by Gasteiger charge is 2.29. The van der Waals surface area contributed by atoms with Crippen LogP contribution in [-0.4, -0.2) is 51.5 Å². The zero-order valence-corrected chi connectivity index (χ0v) is 18.5. The maximum atomic E-state index is 12.6. The topological polar surface area (TPSA) is 87.7 Å². The molecule has 0 saturated carbocycles. The first-order chi connectivity index (χ1) is 14.3. The molecule has 0 spiro atoms. The summed E-state index contributed by atoms with van der Waals surface area (Å²) in [6.45, 7) is 3.12. The molecule has 0 aromatic heterocycles. The number of rotatable bonds is 7. The van der Waals surface area contributed by atoms with E-state index < -0.39 is 10.0 Å². The van der Waals surface area contributed by atoms with E-state index in [-0.39, 0.29) is 22.9 Å². The maximum Gasteiger partial charge on any atom is 0.241 e. The van der Waals surface area contributed by atoms with E-state index in [1.54, 1.807) is 43.5 Å². The van der Waals surface area contributed by atoms with Gasteiger partial charge in [0.1, 0.15) is 5.75 Å². The summed E-state index contributed by atoms with van der Waals surface area (Å²) < 4.78 is 33.0. The average Bonchev–Trinajstić information content (AvgIpc) is 2.74. The van der Waals surface area contributed by atoms with E-state index in [1.807, 2.05) is 6.92 Å². The fraction of sp³-hybridized carbons (Fsp3) is 0.381. The number of amides is 1. The Balaban J connectivity index is 1.51. The number of piperidine rings is 1. The van der Waals surface area contributed by atoms with Crippen molar-refractivity contribution in [1.82, 2.24) is 9.62 Å². The zero-order valence-electron chi connectivity index (χ0n) is 17.0. The first kappa shape index (κ1) is 22.6. The molecule has 30 heavy (non-hydrogen) atoms. The number of carbonyl (C=O) groups is 1. The van der Waals surface area contributed by atoms with Gasteiger partial charge in [-0.25, -0.2) is 13.1 Å². The fourth-order valence-corrected chi connectivity index (χ4v) is 4.82. The minimum Gasteiger partial charge on any atom is -0.497 e. The number of carbonyl (C=O) groups excluding carboxylic acids is 1. The van der Waals surface area contributed by atoms with Crippen molar-refractivity contribution in [3.63, 3.8) is 0 Å². The molecule has 2 N–H and O–H groups in total. The Morgan fingerprint density at radius 2 is 1.70 bits per heavy atom. The van der Waals surface area contributed by atoms with Crippen LogP contribution in [0.3, 0.4) is 0 Å². The Bertz CT molecular complexity index is 957. The molecule has 2 aromatic carbocycles. The number of hydrogen-bond donors (Lipinski definition) is 2. The monoisotopic (exact) mass is 451 g/mol. The number of likely N-dealkylation sites (tertiary alicyclic amines) is 1. The van der Waals surface area contributed by atoms with Gasteiger partial charge in [0.2, 0.25) is 15.9 Å². The van der Waals surface area contributed by atoms with Crippen LogP contribution in [0.2, 0.25) is 5.02 Å². The van der Waals surface area contributed by atoms with Gasteiger partial charge in [0, 0.05) is 29.8 Å². The molecule has 9 heteroatoms. The molecule has 0 radical (unpaired) electrons. The number of benzene rings is 2. The summed E-state index contributed by atoms with van der Waals surface area (Å²) in [6, 6.07) is 12.8. The molecular weight excluding hydrogens is 426 g/mol. The number of nitrogens with one attached hydrogen (secondary N) is 2. The van der Waals surface area contributed by atoms with Gasteiger partial charge < -0.3 is 10.1 Å². The molecule has 1 unspecified atom stereocenters. The Hall–Kier alpha value is -2.13. The van der Waals surface area contributed by atoms with Crippen LogP contribution in [0, 0.1) is 0 Å². The second-order valence-electron chi connectivity index (χ2n) is 7.28. The van der Waals surface area contributed by atoms with E-state index in [0.29, 0.717) is 36.6 Å². The first-order valence-corrected chi connectivity index (χ1v) is 11.6. The maximum absolute atomic E-state index is 12.6. The van der Waals surface area contributed by atoms with Crippen LogP contribution in [0.25, 0.3) is 0 Å². The molecule has 162 valence electrons. The number of sulfonamides is 1. The van der Waals surface area contributed by atoms with Gasteiger partial charge in [-0.2, -0.15) is 0 Å². The van der Waals surface area contributed by atoms with Crippen LogP contribution < -0.4 is 14.8 Å². The number of nitrogens with zero attached hydrogens (tertiary/aromatic N) is 1. The van der Waals surface area contributed by atoms with E-state index in [1.165, 1.54) is 12.1 Å². The summed E-state index contributed by atoms with van der Waals surface area (Å²) in [5.74, 6) is 0.629. The third kappa shape index (κ3) is 5.72. The van der Waals surface area contributed by atoms with Crippen molar-refractivity contribution in [2.45, 2.75) is 36.7 Å². The third-order valence-corrected chi connectivity index (χ3v) is 7.05. The van der Waals surface area contributed by atoms with Gasteiger partial charge in [-0.1, -0.05) is 11.6 Å². The van der Waals surface area contributed by atoms with E-state index >= 15 is 0 Å². The van der Waals surface area contributed by atoms with Gasteiger partial charge >= 0.3 is 0 Å². The minimum atomic E-state index is -3.59. The molecule has 1 saturated heterocycles. The van der Waals surface area contributed by atoms with Crippen molar-refractivity contribution in [3.05, 3.63) is 53.6 Å². The number of halogens is 1. The van der Waals surface area contributed by atoms with Gasteiger partial charge in [0.15, 0.2) is 0 Å². The molecule has 1 heterocycles. The van der Waals surface area contributed by atoms with Crippen molar-refractivity contribution in [1.29, 1.82) is 0 Å². The molecule has 1 atom stereocenters. The molecule has 1 amide bonds. The summed E-state index contributed by atoms with van der Waals surface area (Å²) in [6.07, 6.45) is 1.26. The van der Waals surface area contributed by atoms with Crippen LogP contribution >= 0.6 is 11.6 Å². The molecular formula is C21H26ClN3O4S. The zero-order chi connectivity index (χ0) is 21.7. The first-order valence-electron chi connectivity index (χ1n) is 9.75. The van der Waals surface area contributed by atoms with Gasteiger partial charge in [-0.05, 0) is 68.3 Å². The lowest BCUT2D eigenvalue weighted by atomic mass is 10.0. The van der Waals surface area contributed by atoms with Crippen molar-refractivity contribution < 1.29 is 17.9 Å². The Kier molecular flexibility index (Phi) is 7.36. The number of anilines is 1.